The largest absolute Gasteiger partial charge is 0.463 e. The van der Waals surface area contributed by atoms with Crippen molar-refractivity contribution in [2.45, 2.75) is 25.8 Å². The molecule has 0 aliphatic rings. The third-order valence-electron chi connectivity index (χ3n) is 1.33. The van der Waals surface area contributed by atoms with Gasteiger partial charge in [-0.2, -0.15) is 0 Å². The molecule has 0 aliphatic carbocycles. The molecule has 4 heteroatoms. The first-order valence-corrected chi connectivity index (χ1v) is 5.56. The normalized spacial score (nSPS) is 9.62. The Balaban J connectivity index is 2.99. The molecule has 0 fully saturated rings. The Morgan fingerprint density at radius 1 is 1.54 bits per heavy atom. The van der Waals surface area contributed by atoms with Crippen molar-refractivity contribution >= 4 is 15.7 Å². The van der Waals surface area contributed by atoms with Crippen molar-refractivity contribution in [2.75, 3.05) is 13.2 Å². The molecular weight excluding hydrogens is 184 g/mol. The lowest BCUT2D eigenvalue weighted by Crippen LogP contribution is -2.03. The van der Waals surface area contributed by atoms with Gasteiger partial charge in [0.25, 0.3) is 0 Å². The van der Waals surface area contributed by atoms with Crippen LogP contribution in [0.25, 0.3) is 0 Å². The summed E-state index contributed by atoms with van der Waals surface area (Å²) in [4.78, 5) is 10.6. The number of ether oxygens (including phenoxy) is 1. The molecule has 0 unspecified atom stereocenters. The quantitative estimate of drug-likeness (QED) is 0.258. The second kappa shape index (κ2) is 9.47. The van der Waals surface area contributed by atoms with E-state index in [9.17, 15) is 4.79 Å². The predicted octanol–water partition coefficient (Wildman–Crippen LogP) is 1.57. The van der Waals surface area contributed by atoms with Gasteiger partial charge in [0, 0.05) is 12.7 Å². The van der Waals surface area contributed by atoms with Crippen molar-refractivity contribution in [3.05, 3.63) is 12.7 Å². The first kappa shape index (κ1) is 12.4. The topological polar surface area (TPSA) is 35.5 Å². The molecule has 0 spiro atoms. The molecule has 0 heterocycles. The first-order valence-electron chi connectivity index (χ1n) is 4.45. The highest BCUT2D eigenvalue weighted by atomic mass is 28.2. The fourth-order valence-electron chi connectivity index (χ4n) is 0.705. The van der Waals surface area contributed by atoms with Gasteiger partial charge in [-0.1, -0.05) is 13.0 Å². The zero-order valence-electron chi connectivity index (χ0n) is 8.04. The molecule has 3 nitrogen and oxygen atoms in total. The second-order valence-corrected chi connectivity index (χ2v) is 3.48. The standard InChI is InChI=1S/C9H16O3Si/c1-3-9(10)11-7-5-6-8-13-12-4-2/h3H,1,4-8H2,2H3. The van der Waals surface area contributed by atoms with E-state index in [1.54, 1.807) is 0 Å². The van der Waals surface area contributed by atoms with Crippen LogP contribution in [-0.2, 0) is 14.0 Å². The summed E-state index contributed by atoms with van der Waals surface area (Å²) in [6.45, 7) is 6.56. The number of unbranched alkanes of at least 4 members (excludes halogenated alkanes) is 1. The molecule has 0 rings (SSSR count). The minimum atomic E-state index is -0.341. The number of hydrogen-bond donors (Lipinski definition) is 0. The summed E-state index contributed by atoms with van der Waals surface area (Å²) in [5, 5.41) is 0. The van der Waals surface area contributed by atoms with Gasteiger partial charge in [0.05, 0.1) is 6.61 Å². The number of rotatable bonds is 8. The van der Waals surface area contributed by atoms with Gasteiger partial charge in [-0.3, -0.25) is 0 Å². The van der Waals surface area contributed by atoms with Crippen LogP contribution < -0.4 is 0 Å². The maximum atomic E-state index is 10.6. The lowest BCUT2D eigenvalue weighted by molar-refractivity contribution is -0.137. The molecule has 0 N–H and O–H groups in total. The lowest BCUT2D eigenvalue weighted by Gasteiger charge is -2.01. The van der Waals surface area contributed by atoms with E-state index in [1.807, 2.05) is 6.92 Å². The van der Waals surface area contributed by atoms with Crippen molar-refractivity contribution in [3.63, 3.8) is 0 Å². The molecule has 0 atom stereocenters. The number of hydrogen-bond acceptors (Lipinski definition) is 3. The van der Waals surface area contributed by atoms with Gasteiger partial charge >= 0.3 is 5.97 Å². The predicted molar refractivity (Wildman–Crippen MR) is 52.6 cm³/mol. The van der Waals surface area contributed by atoms with Crippen LogP contribution in [0, 0.1) is 0 Å². The average Bonchev–Trinajstić information content (AvgIpc) is 2.16. The van der Waals surface area contributed by atoms with E-state index in [-0.39, 0.29) is 5.97 Å². The van der Waals surface area contributed by atoms with Gasteiger partial charge in [0.2, 0.25) is 9.76 Å². The van der Waals surface area contributed by atoms with E-state index >= 15 is 0 Å². The molecular formula is C9H16O3Si. The molecule has 0 amide bonds. The van der Waals surface area contributed by atoms with E-state index in [0.29, 0.717) is 16.4 Å². The zero-order chi connectivity index (χ0) is 9.94. The minimum absolute atomic E-state index is 0.341. The van der Waals surface area contributed by atoms with E-state index in [0.717, 1.165) is 25.5 Å². The summed E-state index contributed by atoms with van der Waals surface area (Å²) in [6, 6.07) is 1.06. The Bertz CT molecular complexity index is 148. The summed E-state index contributed by atoms with van der Waals surface area (Å²) in [5.41, 5.74) is 0. The molecule has 2 radical (unpaired) electrons. The number of esters is 1. The molecule has 0 aromatic heterocycles. The van der Waals surface area contributed by atoms with Gasteiger partial charge in [-0.25, -0.2) is 4.79 Å². The third kappa shape index (κ3) is 9.30. The highest BCUT2D eigenvalue weighted by Gasteiger charge is 1.95. The van der Waals surface area contributed by atoms with Crippen LogP contribution in [0.5, 0.6) is 0 Å². The molecule has 0 aliphatic heterocycles. The molecule has 0 bridgehead atoms. The Labute approximate surface area is 82.1 Å². The fraction of sp³-hybridized carbons (Fsp3) is 0.667. The van der Waals surface area contributed by atoms with Gasteiger partial charge in [-0.15, -0.1) is 0 Å². The average molecular weight is 200 g/mol. The van der Waals surface area contributed by atoms with Gasteiger partial charge in [0.1, 0.15) is 0 Å². The van der Waals surface area contributed by atoms with Crippen molar-refractivity contribution in [1.82, 2.24) is 0 Å². The number of carbonyl (C=O) groups excluding carboxylic acids is 1. The molecule has 0 saturated carbocycles. The van der Waals surface area contributed by atoms with E-state index < -0.39 is 0 Å². The van der Waals surface area contributed by atoms with Crippen molar-refractivity contribution in [1.29, 1.82) is 0 Å². The van der Waals surface area contributed by atoms with Crippen molar-refractivity contribution in [3.8, 4) is 0 Å². The van der Waals surface area contributed by atoms with Crippen molar-refractivity contribution < 1.29 is 14.0 Å². The lowest BCUT2D eigenvalue weighted by atomic mass is 10.4. The maximum Gasteiger partial charge on any atom is 0.330 e. The van der Waals surface area contributed by atoms with Crippen LogP contribution in [-0.4, -0.2) is 28.9 Å². The number of carbonyl (C=O) groups is 1. The van der Waals surface area contributed by atoms with Gasteiger partial charge in [0.15, 0.2) is 0 Å². The van der Waals surface area contributed by atoms with Crippen LogP contribution in [0.1, 0.15) is 19.8 Å². The monoisotopic (exact) mass is 200 g/mol. The Hall–Kier alpha value is -0.613. The SMILES string of the molecule is C=CC(=O)OCCCC[Si]OCC. The van der Waals surface area contributed by atoms with Crippen LogP contribution in [0.3, 0.4) is 0 Å². The Morgan fingerprint density at radius 3 is 2.92 bits per heavy atom. The Kier molecular flexibility index (Phi) is 9.03. The van der Waals surface area contributed by atoms with Gasteiger partial charge in [-0.05, 0) is 19.4 Å². The maximum absolute atomic E-state index is 10.6. The summed E-state index contributed by atoms with van der Waals surface area (Å²) in [6.07, 6.45) is 3.13. The highest BCUT2D eigenvalue weighted by molar-refractivity contribution is 6.26. The summed E-state index contributed by atoms with van der Waals surface area (Å²) < 4.78 is 9.99. The molecule has 0 aromatic carbocycles. The summed E-state index contributed by atoms with van der Waals surface area (Å²) in [5.74, 6) is -0.341. The molecule has 74 valence electrons. The molecule has 0 saturated heterocycles. The van der Waals surface area contributed by atoms with Crippen LogP contribution >= 0.6 is 0 Å². The van der Waals surface area contributed by atoms with Gasteiger partial charge < -0.3 is 9.16 Å². The van der Waals surface area contributed by atoms with E-state index in [2.05, 4.69) is 6.58 Å². The molecule has 13 heavy (non-hydrogen) atoms. The summed E-state index contributed by atoms with van der Waals surface area (Å²) in [7, 11) is 0.578. The van der Waals surface area contributed by atoms with Crippen LogP contribution in [0.15, 0.2) is 12.7 Å². The van der Waals surface area contributed by atoms with Crippen LogP contribution in [0.4, 0.5) is 0 Å². The third-order valence-corrected chi connectivity index (χ3v) is 2.38. The molecule has 0 aromatic rings. The summed E-state index contributed by atoms with van der Waals surface area (Å²) >= 11 is 0. The van der Waals surface area contributed by atoms with E-state index in [4.69, 9.17) is 9.16 Å². The zero-order valence-corrected chi connectivity index (χ0v) is 9.04. The fourth-order valence-corrected chi connectivity index (χ4v) is 1.45. The van der Waals surface area contributed by atoms with Crippen LogP contribution in [0.2, 0.25) is 6.04 Å². The van der Waals surface area contributed by atoms with E-state index in [1.165, 1.54) is 6.08 Å². The first-order chi connectivity index (χ1) is 6.31. The minimum Gasteiger partial charge on any atom is -0.463 e. The Morgan fingerprint density at radius 2 is 2.31 bits per heavy atom. The highest BCUT2D eigenvalue weighted by Crippen LogP contribution is 1.96. The second-order valence-electron chi connectivity index (χ2n) is 2.41. The smallest absolute Gasteiger partial charge is 0.330 e. The van der Waals surface area contributed by atoms with Crippen molar-refractivity contribution in [2.24, 2.45) is 0 Å².